The van der Waals surface area contributed by atoms with Crippen molar-refractivity contribution in [1.29, 1.82) is 0 Å². The quantitative estimate of drug-likeness (QED) is 0.172. The average molecular weight is 875 g/mol. The molecule has 0 unspecified atom stereocenters. The van der Waals surface area contributed by atoms with Crippen LogP contribution in [0.5, 0.6) is 0 Å². The fourth-order valence-corrected chi connectivity index (χ4v) is 4.96. The van der Waals surface area contributed by atoms with E-state index >= 15 is 0 Å². The van der Waals surface area contributed by atoms with E-state index in [-0.39, 0.29) is 96.6 Å². The van der Waals surface area contributed by atoms with Gasteiger partial charge in [0.25, 0.3) is 0 Å². The van der Waals surface area contributed by atoms with Gasteiger partial charge >= 0.3 is 0 Å². The van der Waals surface area contributed by atoms with Gasteiger partial charge in [-0.1, -0.05) is 108 Å². The van der Waals surface area contributed by atoms with Crippen LogP contribution in [0.15, 0.2) is 72.9 Å². The van der Waals surface area contributed by atoms with E-state index in [1.807, 2.05) is 0 Å². The Bertz CT molecular complexity index is 489. The predicted molar refractivity (Wildman–Crippen MR) is 167 cm³/mol. The molecule has 0 aromatic heterocycles. The van der Waals surface area contributed by atoms with E-state index in [2.05, 4.69) is 108 Å². The summed E-state index contributed by atoms with van der Waals surface area (Å²) < 4.78 is 0. The topological polar surface area (TPSA) is 94.5 Å². The summed E-state index contributed by atoms with van der Waals surface area (Å²) in [6.45, 7) is 12.0. The molecule has 1 fully saturated rings. The van der Waals surface area contributed by atoms with Crippen molar-refractivity contribution < 1.29 is 96.6 Å². The van der Waals surface area contributed by atoms with Crippen LogP contribution in [-0.2, 0) is 80.2 Å². The van der Waals surface area contributed by atoms with Gasteiger partial charge in [-0.25, -0.2) is 0 Å². The molecule has 41 heavy (non-hydrogen) atoms. The molecule has 0 aliphatic heterocycles. The summed E-state index contributed by atoms with van der Waals surface area (Å²) in [6.07, 6.45) is 42.0. The van der Waals surface area contributed by atoms with Crippen LogP contribution in [0.2, 0.25) is 0 Å². The molecular weight excluding hydrogens is 813 g/mol. The normalized spacial score (nSPS) is 29.9. The Morgan fingerprint density at radius 2 is 0.341 bits per heavy atom. The third kappa shape index (κ3) is 30.7. The van der Waals surface area contributed by atoms with Crippen molar-refractivity contribution in [2.24, 2.45) is 29.6 Å². The van der Waals surface area contributed by atoms with Gasteiger partial charge in [0.1, 0.15) is 0 Å². The second-order valence-electron chi connectivity index (χ2n) is 10.6. The molecule has 3 radical (unpaired) electrons. The molecule has 247 valence electrons. The molecule has 0 aromatic rings. The fourth-order valence-electron chi connectivity index (χ4n) is 4.96. The first-order chi connectivity index (χ1) is 16.6. The smallest absolute Gasteiger partial charge is 0 e. The second-order valence-corrected chi connectivity index (χ2v) is 10.6. The van der Waals surface area contributed by atoms with Crippen molar-refractivity contribution in [3.63, 3.8) is 0 Å². The third-order valence-electron chi connectivity index (χ3n) is 8.15. The summed E-state index contributed by atoms with van der Waals surface area (Å²) in [6, 6.07) is 0. The average Bonchev–Trinajstić information content (AvgIpc) is 2.91. The van der Waals surface area contributed by atoms with Crippen LogP contribution in [0, 0.1) is 29.6 Å². The molecule has 7 heteroatoms. The molecule has 3 nitrogen and oxygen atoms in total. The van der Waals surface area contributed by atoms with Gasteiger partial charge in [0.15, 0.2) is 0 Å². The molecular formula is C34H62O3Rh3Ti. The Balaban J connectivity index is -0.0000000714. The van der Waals surface area contributed by atoms with Crippen molar-refractivity contribution in [2.45, 2.75) is 112 Å². The van der Waals surface area contributed by atoms with Gasteiger partial charge < -0.3 is 16.4 Å². The molecule has 6 N–H and O–H groups in total. The van der Waals surface area contributed by atoms with E-state index in [9.17, 15) is 0 Å². The van der Waals surface area contributed by atoms with Crippen LogP contribution in [0.25, 0.3) is 0 Å². The standard InChI is InChI=1S/C10H20.3C8H12.3H2O.3Rh.Ti/c1-6-7(2)9(4)10(5)8(6)3;3*1-2-4-6-8-7-5-3-1;;;;;;;/h6-10H,1-5H3;3*1-2,7-8H,3-6H2;3*1H2;;;;/b;3*2-1-,8-7-;;;;;;;. The molecule has 0 spiro atoms. The van der Waals surface area contributed by atoms with Crippen LogP contribution >= 0.6 is 0 Å². The van der Waals surface area contributed by atoms with Crippen molar-refractivity contribution >= 4 is 0 Å². The monoisotopic (exact) mass is 875 g/mol. The number of rotatable bonds is 0. The summed E-state index contributed by atoms with van der Waals surface area (Å²) >= 11 is 0. The number of hydrogen-bond acceptors (Lipinski definition) is 0. The van der Waals surface area contributed by atoms with Crippen molar-refractivity contribution in [3.8, 4) is 0 Å². The van der Waals surface area contributed by atoms with E-state index in [1.165, 1.54) is 77.0 Å². The van der Waals surface area contributed by atoms with E-state index in [0.717, 1.165) is 29.6 Å². The van der Waals surface area contributed by atoms with Crippen LogP contribution in [0.1, 0.15) is 112 Å². The van der Waals surface area contributed by atoms with Gasteiger partial charge in [-0.05, 0) is 107 Å². The third-order valence-corrected chi connectivity index (χ3v) is 8.15. The first-order valence-electron chi connectivity index (χ1n) is 14.5. The van der Waals surface area contributed by atoms with Gasteiger partial charge in [-0.3, -0.25) is 0 Å². The summed E-state index contributed by atoms with van der Waals surface area (Å²) in [4.78, 5) is 0. The Morgan fingerprint density at radius 1 is 0.268 bits per heavy atom. The molecule has 0 atom stereocenters. The number of hydrogen-bond donors (Lipinski definition) is 0. The first-order valence-corrected chi connectivity index (χ1v) is 14.5. The minimum Gasteiger partial charge on any atom is -0.412 e. The molecule has 0 aromatic carbocycles. The zero-order valence-corrected chi connectivity index (χ0v) is 32.8. The molecule has 0 heterocycles. The summed E-state index contributed by atoms with van der Waals surface area (Å²) in [5.74, 6) is 4.68. The summed E-state index contributed by atoms with van der Waals surface area (Å²) in [7, 11) is 0. The SMILES string of the molecule is C1=C\CC/C=C\CC/1.C1=C\CC/C=C\CC/1.C1=C\CC/C=C\CC/1.CC1C(C)C(C)C(C)C1C.O.O.O.[Rh].[Rh].[Rh].[Ti]. The van der Waals surface area contributed by atoms with Crippen molar-refractivity contribution in [2.75, 3.05) is 0 Å². The fraction of sp³-hybridized carbons (Fsp3) is 0.647. The molecule has 0 saturated heterocycles. The van der Waals surface area contributed by atoms with Gasteiger partial charge in [0, 0.05) is 80.2 Å². The number of allylic oxidation sites excluding steroid dienone is 12. The van der Waals surface area contributed by atoms with Gasteiger partial charge in [-0.2, -0.15) is 0 Å². The Hall–Kier alpha value is 0.904. The van der Waals surface area contributed by atoms with Crippen LogP contribution in [0.3, 0.4) is 0 Å². The van der Waals surface area contributed by atoms with Gasteiger partial charge in [-0.15, -0.1) is 0 Å². The van der Waals surface area contributed by atoms with Crippen LogP contribution in [-0.4, -0.2) is 16.4 Å². The van der Waals surface area contributed by atoms with Crippen LogP contribution in [0.4, 0.5) is 0 Å². The minimum atomic E-state index is 0. The zero-order valence-electron chi connectivity index (χ0n) is 26.3. The van der Waals surface area contributed by atoms with Gasteiger partial charge in [0.2, 0.25) is 0 Å². The molecule has 1 saturated carbocycles. The maximum Gasteiger partial charge on any atom is 0 e. The van der Waals surface area contributed by atoms with E-state index in [1.54, 1.807) is 0 Å². The molecule has 0 bridgehead atoms. The zero-order chi connectivity index (χ0) is 24.9. The largest absolute Gasteiger partial charge is 0.412 e. The maximum absolute atomic E-state index is 2.40. The van der Waals surface area contributed by atoms with Crippen molar-refractivity contribution in [3.05, 3.63) is 72.9 Å². The van der Waals surface area contributed by atoms with Gasteiger partial charge in [0.05, 0.1) is 0 Å². The van der Waals surface area contributed by atoms with E-state index in [0.29, 0.717) is 0 Å². The van der Waals surface area contributed by atoms with E-state index in [4.69, 9.17) is 0 Å². The maximum atomic E-state index is 2.40. The van der Waals surface area contributed by atoms with E-state index < -0.39 is 0 Å². The summed E-state index contributed by atoms with van der Waals surface area (Å²) in [5.41, 5.74) is 0. The molecule has 4 aliphatic carbocycles. The molecule has 4 rings (SSSR count). The molecule has 4 aliphatic rings. The van der Waals surface area contributed by atoms with Crippen molar-refractivity contribution in [1.82, 2.24) is 0 Å². The molecule has 0 amide bonds. The Morgan fingerprint density at radius 3 is 0.415 bits per heavy atom. The summed E-state index contributed by atoms with van der Waals surface area (Å²) in [5, 5.41) is 0. The second kappa shape index (κ2) is 40.9. The van der Waals surface area contributed by atoms with Crippen LogP contribution < -0.4 is 0 Å². The predicted octanol–water partition coefficient (Wildman–Crippen LogP) is 8.71. The minimum absolute atomic E-state index is 0. The Labute approximate surface area is 308 Å². The Kier molecular flexibility index (Phi) is 57.4. The first kappa shape index (κ1) is 57.5.